The Kier molecular flexibility index (Phi) is 2.99. The van der Waals surface area contributed by atoms with E-state index in [9.17, 15) is 9.59 Å². The number of anilines is 1. The second kappa shape index (κ2) is 4.45. The first-order chi connectivity index (χ1) is 8.15. The van der Waals surface area contributed by atoms with Gasteiger partial charge in [-0.2, -0.15) is 0 Å². The van der Waals surface area contributed by atoms with Crippen LogP contribution >= 0.6 is 0 Å². The molecule has 0 radical (unpaired) electrons. The van der Waals surface area contributed by atoms with E-state index in [1.54, 1.807) is 25.3 Å². The predicted octanol–water partition coefficient (Wildman–Crippen LogP) is 1.29. The van der Waals surface area contributed by atoms with Gasteiger partial charge in [-0.15, -0.1) is 0 Å². The largest absolute Gasteiger partial charge is 0.497 e. The molecule has 1 heterocycles. The Morgan fingerprint density at radius 1 is 1.41 bits per heavy atom. The van der Waals surface area contributed by atoms with Crippen LogP contribution in [0.15, 0.2) is 18.2 Å². The fourth-order valence-corrected chi connectivity index (χ4v) is 1.89. The van der Waals surface area contributed by atoms with Crippen LogP contribution in [0.5, 0.6) is 5.75 Å². The van der Waals surface area contributed by atoms with E-state index in [1.807, 2.05) is 0 Å². The number of hydrogen-bond acceptors (Lipinski definition) is 4. The number of rotatable bonds is 3. The van der Waals surface area contributed by atoms with Gasteiger partial charge in [0.05, 0.1) is 26.6 Å². The first-order valence-electron chi connectivity index (χ1n) is 5.21. The molecule has 5 heteroatoms. The summed E-state index contributed by atoms with van der Waals surface area (Å²) < 4.78 is 9.65. The topological polar surface area (TPSA) is 64.6 Å². The molecule has 1 amide bonds. The minimum atomic E-state index is -0.469. The summed E-state index contributed by atoms with van der Waals surface area (Å²) in [5, 5.41) is 2.72. The third kappa shape index (κ3) is 2.08. The number of amides is 1. The van der Waals surface area contributed by atoms with Crippen molar-refractivity contribution in [3.8, 4) is 5.75 Å². The molecule has 5 nitrogen and oxygen atoms in total. The Labute approximate surface area is 98.7 Å². The van der Waals surface area contributed by atoms with Crippen molar-refractivity contribution < 1.29 is 19.1 Å². The maximum atomic E-state index is 11.7. The zero-order valence-electron chi connectivity index (χ0n) is 9.65. The Hall–Kier alpha value is -2.04. The molecule has 0 aromatic heterocycles. The number of fused-ring (bicyclic) bond motifs is 1. The van der Waals surface area contributed by atoms with Gasteiger partial charge in [0.25, 0.3) is 0 Å². The maximum Gasteiger partial charge on any atom is 0.306 e. The third-order valence-electron chi connectivity index (χ3n) is 2.81. The van der Waals surface area contributed by atoms with Crippen LogP contribution in [0.2, 0.25) is 0 Å². The molecule has 1 N–H and O–H groups in total. The van der Waals surface area contributed by atoms with Crippen LogP contribution in [0.3, 0.4) is 0 Å². The van der Waals surface area contributed by atoms with Crippen molar-refractivity contribution in [2.75, 3.05) is 19.5 Å². The van der Waals surface area contributed by atoms with Crippen molar-refractivity contribution in [1.29, 1.82) is 0 Å². The monoisotopic (exact) mass is 235 g/mol. The Bertz CT molecular complexity index is 470. The smallest absolute Gasteiger partial charge is 0.306 e. The molecule has 0 bridgehead atoms. The van der Waals surface area contributed by atoms with E-state index in [-0.39, 0.29) is 12.3 Å². The molecular formula is C12H13NO4. The van der Waals surface area contributed by atoms with Crippen LogP contribution in [0.4, 0.5) is 5.69 Å². The highest BCUT2D eigenvalue weighted by atomic mass is 16.5. The zero-order valence-corrected chi connectivity index (χ0v) is 9.65. The minimum absolute atomic E-state index is 0.0572. The zero-order chi connectivity index (χ0) is 12.4. The summed E-state index contributed by atoms with van der Waals surface area (Å²) in [6, 6.07) is 5.30. The van der Waals surface area contributed by atoms with Gasteiger partial charge in [0.2, 0.25) is 5.91 Å². The Morgan fingerprint density at radius 2 is 2.18 bits per heavy atom. The van der Waals surface area contributed by atoms with Crippen molar-refractivity contribution in [2.45, 2.75) is 12.3 Å². The quantitative estimate of drug-likeness (QED) is 0.802. The number of carbonyl (C=O) groups is 2. The van der Waals surface area contributed by atoms with E-state index < -0.39 is 11.9 Å². The van der Waals surface area contributed by atoms with E-state index in [0.717, 1.165) is 5.56 Å². The molecule has 90 valence electrons. The lowest BCUT2D eigenvalue weighted by Gasteiger charge is -2.07. The van der Waals surface area contributed by atoms with E-state index in [4.69, 9.17) is 4.74 Å². The SMILES string of the molecule is COC(=O)CC1C(=O)Nc2cc(OC)ccc21. The highest BCUT2D eigenvalue weighted by molar-refractivity contribution is 6.04. The summed E-state index contributed by atoms with van der Waals surface area (Å²) >= 11 is 0. The van der Waals surface area contributed by atoms with Crippen molar-refractivity contribution >= 4 is 17.6 Å². The molecule has 1 aromatic carbocycles. The lowest BCUT2D eigenvalue weighted by molar-refractivity contribution is -0.142. The summed E-state index contributed by atoms with van der Waals surface area (Å²) in [7, 11) is 2.87. The molecule has 0 saturated heterocycles. The first kappa shape index (κ1) is 11.4. The molecule has 1 atom stereocenters. The lowest BCUT2D eigenvalue weighted by Crippen LogP contribution is -2.16. The standard InChI is InChI=1S/C12H13NO4/c1-16-7-3-4-8-9(6-11(14)17-2)12(15)13-10(8)5-7/h3-5,9H,6H2,1-2H3,(H,13,15). The van der Waals surface area contributed by atoms with E-state index in [0.29, 0.717) is 11.4 Å². The molecule has 1 aromatic rings. The number of nitrogens with one attached hydrogen (secondary N) is 1. The maximum absolute atomic E-state index is 11.7. The Balaban J connectivity index is 2.28. The average molecular weight is 235 g/mol. The molecule has 1 aliphatic heterocycles. The van der Waals surface area contributed by atoms with Gasteiger partial charge in [-0.05, 0) is 11.6 Å². The summed E-state index contributed by atoms with van der Waals surface area (Å²) in [5.74, 6) is -0.376. The van der Waals surface area contributed by atoms with Gasteiger partial charge in [-0.1, -0.05) is 6.07 Å². The molecular weight excluding hydrogens is 222 g/mol. The van der Waals surface area contributed by atoms with Crippen molar-refractivity contribution in [3.63, 3.8) is 0 Å². The number of esters is 1. The van der Waals surface area contributed by atoms with Crippen LogP contribution < -0.4 is 10.1 Å². The predicted molar refractivity (Wildman–Crippen MR) is 61.0 cm³/mol. The van der Waals surface area contributed by atoms with Gasteiger partial charge in [-0.3, -0.25) is 9.59 Å². The van der Waals surface area contributed by atoms with Crippen LogP contribution in [0, 0.1) is 0 Å². The van der Waals surface area contributed by atoms with Crippen molar-refractivity contribution in [1.82, 2.24) is 0 Å². The molecule has 0 spiro atoms. The van der Waals surface area contributed by atoms with Crippen molar-refractivity contribution in [3.05, 3.63) is 23.8 Å². The van der Waals surface area contributed by atoms with Gasteiger partial charge < -0.3 is 14.8 Å². The summed E-state index contributed by atoms with van der Waals surface area (Å²) in [4.78, 5) is 22.9. The molecule has 1 unspecified atom stereocenters. The summed E-state index contributed by atoms with van der Waals surface area (Å²) in [6.07, 6.45) is 0.0572. The van der Waals surface area contributed by atoms with Crippen LogP contribution in [-0.4, -0.2) is 26.1 Å². The average Bonchev–Trinajstić information content (AvgIpc) is 2.64. The van der Waals surface area contributed by atoms with Crippen LogP contribution in [0.25, 0.3) is 0 Å². The molecule has 17 heavy (non-hydrogen) atoms. The number of benzene rings is 1. The minimum Gasteiger partial charge on any atom is -0.497 e. The number of methoxy groups -OCH3 is 2. The van der Waals surface area contributed by atoms with Gasteiger partial charge >= 0.3 is 5.97 Å². The Morgan fingerprint density at radius 3 is 2.82 bits per heavy atom. The van der Waals surface area contributed by atoms with Gasteiger partial charge in [0.15, 0.2) is 0 Å². The van der Waals surface area contributed by atoms with Crippen molar-refractivity contribution in [2.24, 2.45) is 0 Å². The fraction of sp³-hybridized carbons (Fsp3) is 0.333. The van der Waals surface area contributed by atoms with E-state index in [2.05, 4.69) is 10.1 Å². The molecule has 1 aliphatic rings. The van der Waals surface area contributed by atoms with Gasteiger partial charge in [0.1, 0.15) is 5.75 Å². The van der Waals surface area contributed by atoms with Gasteiger partial charge in [0, 0.05) is 11.8 Å². The lowest BCUT2D eigenvalue weighted by atomic mass is 9.97. The molecule has 0 aliphatic carbocycles. The van der Waals surface area contributed by atoms with Gasteiger partial charge in [-0.25, -0.2) is 0 Å². The second-order valence-electron chi connectivity index (χ2n) is 3.78. The normalized spacial score (nSPS) is 17.3. The molecule has 2 rings (SSSR count). The molecule has 0 saturated carbocycles. The summed E-state index contributed by atoms with van der Waals surface area (Å²) in [5.41, 5.74) is 1.50. The highest BCUT2D eigenvalue weighted by Crippen LogP contribution is 2.36. The highest BCUT2D eigenvalue weighted by Gasteiger charge is 2.32. The van der Waals surface area contributed by atoms with Crippen LogP contribution in [0.1, 0.15) is 17.9 Å². The second-order valence-corrected chi connectivity index (χ2v) is 3.78. The molecule has 0 fully saturated rings. The number of hydrogen-bond donors (Lipinski definition) is 1. The van der Waals surface area contributed by atoms with E-state index >= 15 is 0 Å². The summed E-state index contributed by atoms with van der Waals surface area (Å²) in [6.45, 7) is 0. The fourth-order valence-electron chi connectivity index (χ4n) is 1.89. The van der Waals surface area contributed by atoms with Crippen LogP contribution in [-0.2, 0) is 14.3 Å². The van der Waals surface area contributed by atoms with E-state index in [1.165, 1.54) is 7.11 Å². The number of ether oxygens (including phenoxy) is 2. The number of carbonyl (C=O) groups excluding carboxylic acids is 2. The first-order valence-corrected chi connectivity index (χ1v) is 5.21. The third-order valence-corrected chi connectivity index (χ3v) is 2.81.